The van der Waals surface area contributed by atoms with Gasteiger partial charge in [-0.2, -0.15) is 0 Å². The summed E-state index contributed by atoms with van der Waals surface area (Å²) in [5.41, 5.74) is 0. The van der Waals surface area contributed by atoms with Crippen LogP contribution in [0.1, 0.15) is 26.2 Å². The summed E-state index contributed by atoms with van der Waals surface area (Å²) in [6, 6.07) is 0. The third-order valence-corrected chi connectivity index (χ3v) is 2.99. The van der Waals surface area contributed by atoms with Crippen LogP contribution >= 0.6 is 0 Å². The fraction of sp³-hybridized carbons (Fsp3) is 0.909. The Bertz CT molecular complexity index is 189. The Morgan fingerprint density at radius 2 is 2.13 bits per heavy atom. The van der Waals surface area contributed by atoms with Crippen LogP contribution in [0.2, 0.25) is 0 Å². The van der Waals surface area contributed by atoms with E-state index in [1.165, 1.54) is 0 Å². The van der Waals surface area contributed by atoms with Crippen molar-refractivity contribution in [2.45, 2.75) is 26.2 Å². The highest BCUT2D eigenvalue weighted by molar-refractivity contribution is 5.77. The summed E-state index contributed by atoms with van der Waals surface area (Å²) in [6.45, 7) is 5.44. The number of amides is 1. The molecule has 0 aromatic heterocycles. The molecule has 15 heavy (non-hydrogen) atoms. The summed E-state index contributed by atoms with van der Waals surface area (Å²) >= 11 is 0. The van der Waals surface area contributed by atoms with E-state index in [4.69, 9.17) is 5.11 Å². The van der Waals surface area contributed by atoms with E-state index >= 15 is 0 Å². The van der Waals surface area contributed by atoms with Crippen LogP contribution in [0.25, 0.3) is 0 Å². The van der Waals surface area contributed by atoms with Crippen LogP contribution in [0.4, 0.5) is 0 Å². The Morgan fingerprint density at radius 1 is 1.47 bits per heavy atom. The van der Waals surface area contributed by atoms with Crippen molar-refractivity contribution in [1.82, 2.24) is 10.2 Å². The van der Waals surface area contributed by atoms with Gasteiger partial charge in [-0.3, -0.25) is 9.69 Å². The van der Waals surface area contributed by atoms with E-state index in [9.17, 15) is 4.79 Å². The van der Waals surface area contributed by atoms with Crippen LogP contribution in [-0.4, -0.2) is 48.7 Å². The zero-order valence-electron chi connectivity index (χ0n) is 9.54. The Hall–Kier alpha value is -0.610. The number of hydrogen-bond acceptors (Lipinski definition) is 3. The fourth-order valence-corrected chi connectivity index (χ4v) is 2.07. The molecule has 0 spiro atoms. The standard InChI is InChI=1S/C11H22N2O2/c1-2-12-11(15)9-13-6-3-10(4-7-13)5-8-14/h10,14H,2-9H2,1H3,(H,12,15). The number of carbonyl (C=O) groups excluding carboxylic acids is 1. The molecule has 0 unspecified atom stereocenters. The van der Waals surface area contributed by atoms with Gasteiger partial charge in [0, 0.05) is 13.2 Å². The van der Waals surface area contributed by atoms with Gasteiger partial charge in [-0.05, 0) is 45.2 Å². The number of carbonyl (C=O) groups is 1. The number of likely N-dealkylation sites (tertiary alicyclic amines) is 1. The van der Waals surface area contributed by atoms with Gasteiger partial charge in [0.2, 0.25) is 5.91 Å². The van der Waals surface area contributed by atoms with E-state index in [-0.39, 0.29) is 5.91 Å². The molecular weight excluding hydrogens is 192 g/mol. The number of likely N-dealkylation sites (N-methyl/N-ethyl adjacent to an activating group) is 1. The van der Waals surface area contributed by atoms with Crippen molar-refractivity contribution in [3.05, 3.63) is 0 Å². The molecule has 0 saturated carbocycles. The number of aliphatic hydroxyl groups excluding tert-OH is 1. The second-order valence-electron chi connectivity index (χ2n) is 4.19. The van der Waals surface area contributed by atoms with Gasteiger partial charge in [-0.15, -0.1) is 0 Å². The minimum atomic E-state index is 0.123. The first-order chi connectivity index (χ1) is 7.26. The van der Waals surface area contributed by atoms with Crippen molar-refractivity contribution in [3.8, 4) is 0 Å². The molecule has 4 nitrogen and oxygen atoms in total. The van der Waals surface area contributed by atoms with Crippen LogP contribution < -0.4 is 5.32 Å². The number of hydrogen-bond donors (Lipinski definition) is 2. The molecular formula is C11H22N2O2. The van der Waals surface area contributed by atoms with Crippen molar-refractivity contribution < 1.29 is 9.90 Å². The Labute approximate surface area is 91.6 Å². The summed E-state index contributed by atoms with van der Waals surface area (Å²) < 4.78 is 0. The molecule has 1 aliphatic heterocycles. The summed E-state index contributed by atoms with van der Waals surface area (Å²) in [5.74, 6) is 0.776. The van der Waals surface area contributed by atoms with E-state index < -0.39 is 0 Å². The lowest BCUT2D eigenvalue weighted by molar-refractivity contribution is -0.122. The van der Waals surface area contributed by atoms with Gasteiger partial charge < -0.3 is 10.4 Å². The first-order valence-electron chi connectivity index (χ1n) is 5.86. The minimum absolute atomic E-state index is 0.123. The SMILES string of the molecule is CCNC(=O)CN1CCC(CCO)CC1. The number of rotatable bonds is 5. The molecule has 1 saturated heterocycles. The highest BCUT2D eigenvalue weighted by Crippen LogP contribution is 2.19. The molecule has 1 heterocycles. The van der Waals surface area contributed by atoms with Gasteiger partial charge in [0.15, 0.2) is 0 Å². The summed E-state index contributed by atoms with van der Waals surface area (Å²) in [5, 5.41) is 11.6. The van der Waals surface area contributed by atoms with Gasteiger partial charge in [0.05, 0.1) is 6.54 Å². The normalized spacial score (nSPS) is 19.1. The largest absolute Gasteiger partial charge is 0.396 e. The monoisotopic (exact) mass is 214 g/mol. The lowest BCUT2D eigenvalue weighted by Crippen LogP contribution is -2.41. The first-order valence-corrected chi connectivity index (χ1v) is 5.86. The van der Waals surface area contributed by atoms with E-state index in [2.05, 4.69) is 10.2 Å². The number of nitrogens with zero attached hydrogens (tertiary/aromatic N) is 1. The molecule has 1 amide bonds. The molecule has 0 aromatic carbocycles. The third-order valence-electron chi connectivity index (χ3n) is 2.99. The summed E-state index contributed by atoms with van der Waals surface area (Å²) in [7, 11) is 0. The van der Waals surface area contributed by atoms with Crippen LogP contribution in [0.5, 0.6) is 0 Å². The second kappa shape index (κ2) is 6.80. The van der Waals surface area contributed by atoms with Gasteiger partial charge >= 0.3 is 0 Å². The molecule has 4 heteroatoms. The molecule has 0 atom stereocenters. The van der Waals surface area contributed by atoms with Crippen LogP contribution in [0.15, 0.2) is 0 Å². The molecule has 0 bridgehead atoms. The fourth-order valence-electron chi connectivity index (χ4n) is 2.07. The smallest absolute Gasteiger partial charge is 0.234 e. The van der Waals surface area contributed by atoms with Crippen molar-refractivity contribution in [1.29, 1.82) is 0 Å². The number of piperidine rings is 1. The number of aliphatic hydroxyl groups is 1. The van der Waals surface area contributed by atoms with Crippen molar-refractivity contribution in [2.24, 2.45) is 5.92 Å². The van der Waals surface area contributed by atoms with E-state index in [1.54, 1.807) is 0 Å². The van der Waals surface area contributed by atoms with Crippen LogP contribution in [0.3, 0.4) is 0 Å². The van der Waals surface area contributed by atoms with Gasteiger partial charge in [0.1, 0.15) is 0 Å². The Morgan fingerprint density at radius 3 is 2.67 bits per heavy atom. The van der Waals surface area contributed by atoms with E-state index in [1.807, 2.05) is 6.92 Å². The predicted octanol–water partition coefficient (Wildman–Crippen LogP) is 0.217. The maximum atomic E-state index is 11.3. The topological polar surface area (TPSA) is 52.6 Å². The molecule has 1 rings (SSSR count). The molecule has 88 valence electrons. The molecule has 2 N–H and O–H groups in total. The summed E-state index contributed by atoms with van der Waals surface area (Å²) in [4.78, 5) is 13.5. The Balaban J connectivity index is 2.16. The zero-order chi connectivity index (χ0) is 11.1. The van der Waals surface area contributed by atoms with Gasteiger partial charge in [0.25, 0.3) is 0 Å². The van der Waals surface area contributed by atoms with Crippen LogP contribution in [-0.2, 0) is 4.79 Å². The highest BCUT2D eigenvalue weighted by atomic mass is 16.3. The highest BCUT2D eigenvalue weighted by Gasteiger charge is 2.19. The van der Waals surface area contributed by atoms with E-state index in [0.717, 1.165) is 32.4 Å². The molecule has 0 radical (unpaired) electrons. The molecule has 1 aliphatic rings. The predicted molar refractivity (Wildman–Crippen MR) is 59.6 cm³/mol. The van der Waals surface area contributed by atoms with Gasteiger partial charge in [-0.25, -0.2) is 0 Å². The number of nitrogens with one attached hydrogen (secondary N) is 1. The first kappa shape index (κ1) is 12.5. The third kappa shape index (κ3) is 4.62. The zero-order valence-corrected chi connectivity index (χ0v) is 9.54. The van der Waals surface area contributed by atoms with Gasteiger partial charge in [-0.1, -0.05) is 0 Å². The van der Waals surface area contributed by atoms with Crippen molar-refractivity contribution >= 4 is 5.91 Å². The quantitative estimate of drug-likeness (QED) is 0.688. The maximum absolute atomic E-state index is 11.3. The summed E-state index contributed by atoms with van der Waals surface area (Å²) in [6.07, 6.45) is 3.13. The average molecular weight is 214 g/mol. The Kier molecular flexibility index (Phi) is 5.65. The lowest BCUT2D eigenvalue weighted by Gasteiger charge is -2.31. The van der Waals surface area contributed by atoms with E-state index in [0.29, 0.717) is 25.6 Å². The van der Waals surface area contributed by atoms with Crippen LogP contribution in [0, 0.1) is 5.92 Å². The minimum Gasteiger partial charge on any atom is -0.396 e. The molecule has 1 fully saturated rings. The molecule has 0 aliphatic carbocycles. The maximum Gasteiger partial charge on any atom is 0.234 e. The second-order valence-corrected chi connectivity index (χ2v) is 4.19. The lowest BCUT2D eigenvalue weighted by atomic mass is 9.94. The average Bonchev–Trinajstić information content (AvgIpc) is 2.22. The van der Waals surface area contributed by atoms with Crippen molar-refractivity contribution in [3.63, 3.8) is 0 Å². The van der Waals surface area contributed by atoms with Crippen molar-refractivity contribution in [2.75, 3.05) is 32.8 Å². The molecule has 0 aromatic rings.